The number of aromatic nitrogens is 1. The summed E-state index contributed by atoms with van der Waals surface area (Å²) in [4.78, 5) is 18.8. The van der Waals surface area contributed by atoms with Gasteiger partial charge in [0.15, 0.2) is 5.17 Å². The molecular formula is C17H10F6N4O2S. The number of rotatable bonds is 3. The van der Waals surface area contributed by atoms with Crippen LogP contribution in [0, 0.1) is 11.3 Å². The lowest BCUT2D eigenvalue weighted by atomic mass is 10.1. The smallest absolute Gasteiger partial charge is 0.434 e. The van der Waals surface area contributed by atoms with E-state index in [9.17, 15) is 31.1 Å². The summed E-state index contributed by atoms with van der Waals surface area (Å²) in [5.41, 5.74) is 5.39. The summed E-state index contributed by atoms with van der Waals surface area (Å²) in [6, 6.07) is 5.52. The van der Waals surface area contributed by atoms with Gasteiger partial charge in [-0.2, -0.15) is 36.6 Å². The molecule has 1 amide bonds. The number of aliphatic imine (C=N–C) groups is 1. The molecule has 158 valence electrons. The number of amidine groups is 1. The number of alkyl halides is 6. The van der Waals surface area contributed by atoms with Crippen LogP contribution in [0.4, 0.5) is 26.3 Å². The van der Waals surface area contributed by atoms with Crippen molar-refractivity contribution in [1.82, 2.24) is 4.98 Å². The van der Waals surface area contributed by atoms with Crippen molar-refractivity contribution in [2.24, 2.45) is 10.7 Å². The van der Waals surface area contributed by atoms with E-state index in [1.54, 1.807) is 0 Å². The van der Waals surface area contributed by atoms with Crippen LogP contribution >= 0.6 is 10.5 Å². The van der Waals surface area contributed by atoms with Gasteiger partial charge in [-0.25, -0.2) is 0 Å². The number of nitrogens with zero attached hydrogens (tertiary/aromatic N) is 3. The molecule has 1 aliphatic heterocycles. The molecule has 1 aliphatic rings. The molecular weight excluding hydrogens is 438 g/mol. The van der Waals surface area contributed by atoms with Crippen molar-refractivity contribution < 1.29 is 35.9 Å². The third-order valence-corrected chi connectivity index (χ3v) is 5.60. The van der Waals surface area contributed by atoms with Gasteiger partial charge in [0, 0.05) is 11.6 Å². The number of pyridine rings is 1. The Morgan fingerprint density at radius 1 is 1.23 bits per heavy atom. The molecule has 6 nitrogen and oxygen atoms in total. The first-order valence-corrected chi connectivity index (χ1v) is 9.40. The van der Waals surface area contributed by atoms with E-state index in [0.717, 1.165) is 6.20 Å². The maximum absolute atomic E-state index is 13.0. The first-order chi connectivity index (χ1) is 13.9. The van der Waals surface area contributed by atoms with Crippen molar-refractivity contribution >= 4 is 37.8 Å². The summed E-state index contributed by atoms with van der Waals surface area (Å²) < 4.78 is 82.1. The van der Waals surface area contributed by atoms with Crippen molar-refractivity contribution in [2.45, 2.75) is 18.5 Å². The van der Waals surface area contributed by atoms with Gasteiger partial charge in [0.2, 0.25) is 0 Å². The molecule has 1 unspecified atom stereocenters. The highest BCUT2D eigenvalue weighted by Gasteiger charge is 2.59. The second-order valence-electron chi connectivity index (χ2n) is 6.01. The van der Waals surface area contributed by atoms with Crippen molar-refractivity contribution in [3.63, 3.8) is 0 Å². The standard InChI is InChI=1S/C17H10F6N4O2S/c18-16(19,20)14(17(21,22)23)29-13-9(4-24)5-26-11-2-1-8(3-10(11)13)6-30-7-12(28)27-15(30)25/h1-3,5-6,14H,7H2,(H2,25,27,28). The molecule has 2 heterocycles. The van der Waals surface area contributed by atoms with E-state index < -0.39 is 46.2 Å². The average Bonchev–Trinajstić information content (AvgIpc) is 2.94. The van der Waals surface area contributed by atoms with Gasteiger partial charge in [0.05, 0.1) is 11.3 Å². The Kier molecular flexibility index (Phi) is 5.46. The van der Waals surface area contributed by atoms with E-state index in [4.69, 9.17) is 11.0 Å². The van der Waals surface area contributed by atoms with Gasteiger partial charge in [-0.15, -0.1) is 10.5 Å². The SMILES string of the molecule is N#Cc1cnc2ccc(C=S3CC(=O)N=C3N)cc2c1OC(C(F)(F)F)C(F)(F)F. The summed E-state index contributed by atoms with van der Waals surface area (Å²) in [6.45, 7) is 0. The lowest BCUT2D eigenvalue weighted by molar-refractivity contribution is -0.299. The summed E-state index contributed by atoms with van der Waals surface area (Å²) in [6.07, 6.45) is -14.8. The Balaban J connectivity index is 2.15. The van der Waals surface area contributed by atoms with E-state index in [0.29, 0.717) is 5.56 Å². The fourth-order valence-electron chi connectivity index (χ4n) is 2.59. The van der Waals surface area contributed by atoms with Gasteiger partial charge in [-0.1, -0.05) is 6.07 Å². The number of nitrogens with two attached hydrogens (primary N) is 1. The summed E-state index contributed by atoms with van der Waals surface area (Å²) in [5, 5.41) is 10.5. The number of benzene rings is 1. The van der Waals surface area contributed by atoms with E-state index in [-0.39, 0.29) is 21.8 Å². The van der Waals surface area contributed by atoms with E-state index >= 15 is 0 Å². The Labute approximate surface area is 166 Å². The van der Waals surface area contributed by atoms with Crippen LogP contribution in [0.5, 0.6) is 5.75 Å². The summed E-state index contributed by atoms with van der Waals surface area (Å²) >= 11 is 0. The van der Waals surface area contributed by atoms with Gasteiger partial charge in [-0.3, -0.25) is 9.78 Å². The number of ether oxygens (including phenoxy) is 1. The molecule has 0 saturated heterocycles. The highest BCUT2D eigenvalue weighted by Crippen LogP contribution is 2.39. The Morgan fingerprint density at radius 2 is 1.90 bits per heavy atom. The number of carbonyl (C=O) groups is 1. The van der Waals surface area contributed by atoms with Gasteiger partial charge in [-0.05, 0) is 23.1 Å². The zero-order chi connectivity index (χ0) is 22.3. The van der Waals surface area contributed by atoms with Gasteiger partial charge >= 0.3 is 12.4 Å². The number of fused-ring (bicyclic) bond motifs is 1. The summed E-state index contributed by atoms with van der Waals surface area (Å²) in [5.74, 6) is -1.33. The van der Waals surface area contributed by atoms with Crippen LogP contribution in [0.25, 0.3) is 10.9 Å². The molecule has 0 radical (unpaired) electrons. The van der Waals surface area contributed by atoms with Crippen LogP contribution in [-0.2, 0) is 4.79 Å². The number of halogens is 6. The fourth-order valence-corrected chi connectivity index (χ4v) is 3.97. The van der Waals surface area contributed by atoms with E-state index in [1.807, 2.05) is 0 Å². The second-order valence-corrected chi connectivity index (χ2v) is 7.81. The van der Waals surface area contributed by atoms with E-state index in [1.165, 1.54) is 29.6 Å². The molecule has 0 bridgehead atoms. The Bertz CT molecular complexity index is 1120. The zero-order valence-corrected chi connectivity index (χ0v) is 15.4. The zero-order valence-electron chi connectivity index (χ0n) is 14.6. The van der Waals surface area contributed by atoms with Crippen LogP contribution in [0.15, 0.2) is 29.4 Å². The molecule has 0 aliphatic carbocycles. The average molecular weight is 448 g/mol. The van der Waals surface area contributed by atoms with Crippen LogP contribution in [0.2, 0.25) is 0 Å². The quantitative estimate of drug-likeness (QED) is 0.574. The van der Waals surface area contributed by atoms with Crippen LogP contribution in [0.1, 0.15) is 11.1 Å². The van der Waals surface area contributed by atoms with Crippen molar-refractivity contribution in [2.75, 3.05) is 5.75 Å². The largest absolute Gasteiger partial charge is 0.469 e. The minimum absolute atomic E-state index is 0.00787. The van der Waals surface area contributed by atoms with Gasteiger partial charge < -0.3 is 10.5 Å². The lowest BCUT2D eigenvalue weighted by Crippen LogP contribution is -2.46. The molecule has 3 rings (SSSR count). The molecule has 2 N–H and O–H groups in total. The normalized spacial score (nSPS) is 17.5. The monoisotopic (exact) mass is 448 g/mol. The number of amides is 1. The van der Waals surface area contributed by atoms with Crippen LogP contribution in [0.3, 0.4) is 0 Å². The van der Waals surface area contributed by atoms with Gasteiger partial charge in [0.1, 0.15) is 17.4 Å². The molecule has 1 aromatic heterocycles. The third-order valence-electron chi connectivity index (χ3n) is 3.85. The Hall–Kier alpha value is -3.14. The molecule has 1 atom stereocenters. The molecule has 0 spiro atoms. The number of carbonyl (C=O) groups excluding carboxylic acids is 1. The van der Waals surface area contributed by atoms with Crippen LogP contribution in [-0.4, -0.2) is 45.6 Å². The molecule has 1 aromatic carbocycles. The van der Waals surface area contributed by atoms with Gasteiger partial charge in [0.25, 0.3) is 12.0 Å². The predicted octanol–water partition coefficient (Wildman–Crippen LogP) is 3.25. The minimum Gasteiger partial charge on any atom is -0.469 e. The first kappa shape index (κ1) is 21.6. The second kappa shape index (κ2) is 7.60. The van der Waals surface area contributed by atoms with Crippen LogP contribution < -0.4 is 10.5 Å². The fraction of sp³-hybridized carbons (Fsp3) is 0.235. The van der Waals surface area contributed by atoms with Crippen molar-refractivity contribution in [1.29, 1.82) is 5.26 Å². The minimum atomic E-state index is -5.76. The molecule has 30 heavy (non-hydrogen) atoms. The maximum Gasteiger partial charge on any atom is 0.434 e. The third kappa shape index (κ3) is 4.38. The van der Waals surface area contributed by atoms with E-state index in [2.05, 4.69) is 14.7 Å². The maximum atomic E-state index is 13.0. The molecule has 0 saturated carbocycles. The summed E-state index contributed by atoms with van der Waals surface area (Å²) in [7, 11) is -0.882. The number of hydrogen-bond donors (Lipinski definition) is 1. The lowest BCUT2D eigenvalue weighted by Gasteiger charge is -2.24. The molecule has 2 aromatic rings. The number of hydrogen-bond acceptors (Lipinski definition) is 5. The first-order valence-electron chi connectivity index (χ1n) is 7.94. The Morgan fingerprint density at radius 3 is 2.43 bits per heavy atom. The molecule has 13 heteroatoms. The highest BCUT2D eigenvalue weighted by atomic mass is 32.2. The predicted molar refractivity (Wildman–Crippen MR) is 97.2 cm³/mol. The van der Waals surface area contributed by atoms with Crippen molar-refractivity contribution in [3.05, 3.63) is 35.5 Å². The number of nitriles is 1. The highest BCUT2D eigenvalue weighted by molar-refractivity contribution is 8.28. The molecule has 0 fully saturated rings. The topological polar surface area (TPSA) is 101 Å². The van der Waals surface area contributed by atoms with Crippen molar-refractivity contribution in [3.8, 4) is 11.8 Å².